The molecule has 0 aliphatic heterocycles. The van der Waals surface area contributed by atoms with Gasteiger partial charge in [-0.2, -0.15) is 0 Å². The maximum atomic E-state index is 13.3. The molecule has 4 aromatic rings. The van der Waals surface area contributed by atoms with E-state index >= 15 is 0 Å². The highest BCUT2D eigenvalue weighted by atomic mass is 32.1. The van der Waals surface area contributed by atoms with Gasteiger partial charge in [-0.3, -0.25) is 9.59 Å². The Morgan fingerprint density at radius 1 is 0.967 bits per heavy atom. The Balaban J connectivity index is 1.68. The van der Waals surface area contributed by atoms with E-state index in [1.807, 2.05) is 30.3 Å². The predicted octanol–water partition coefficient (Wildman–Crippen LogP) is 5.94. The number of carbonyl (C=O) groups excluding carboxylic acids is 2. The lowest BCUT2D eigenvalue weighted by Crippen LogP contribution is -2.25. The summed E-state index contributed by atoms with van der Waals surface area (Å²) in [5.74, 6) is -0.588. The van der Waals surface area contributed by atoms with Crippen LogP contribution in [0.5, 0.6) is 0 Å². The lowest BCUT2D eigenvalue weighted by Gasteiger charge is -2.17. The van der Waals surface area contributed by atoms with Crippen LogP contribution in [0.2, 0.25) is 0 Å². The highest BCUT2D eigenvalue weighted by Gasteiger charge is 2.18. The molecule has 0 spiro atoms. The summed E-state index contributed by atoms with van der Waals surface area (Å²) >= 11 is 1.42. The standard InChI is InChI=1S/C24H19FN2O2S/c1-15(28)26-18-5-3-6-19(13-18)27(2)24(29)23-14-21-20(7-4-8-22(21)30-23)16-9-11-17(25)12-10-16/h3-14H,1-2H3,(H,26,28). The molecule has 2 amide bonds. The Morgan fingerprint density at radius 2 is 1.70 bits per heavy atom. The Labute approximate surface area is 177 Å². The second-order valence-electron chi connectivity index (χ2n) is 6.93. The van der Waals surface area contributed by atoms with Crippen LogP contribution in [0, 0.1) is 5.82 Å². The van der Waals surface area contributed by atoms with Gasteiger partial charge in [0.2, 0.25) is 5.91 Å². The largest absolute Gasteiger partial charge is 0.326 e. The first-order valence-corrected chi connectivity index (χ1v) is 10.2. The van der Waals surface area contributed by atoms with Crippen LogP contribution in [-0.2, 0) is 4.79 Å². The molecule has 0 aliphatic carbocycles. The lowest BCUT2D eigenvalue weighted by atomic mass is 10.0. The number of benzene rings is 3. The van der Waals surface area contributed by atoms with Crippen LogP contribution in [0.15, 0.2) is 72.8 Å². The number of rotatable bonds is 4. The summed E-state index contributed by atoms with van der Waals surface area (Å²) in [6, 6.07) is 21.3. The molecular formula is C24H19FN2O2S. The third kappa shape index (κ3) is 3.95. The van der Waals surface area contributed by atoms with Crippen LogP contribution in [0.25, 0.3) is 21.2 Å². The Morgan fingerprint density at radius 3 is 2.43 bits per heavy atom. The monoisotopic (exact) mass is 418 g/mol. The zero-order valence-electron chi connectivity index (χ0n) is 16.5. The van der Waals surface area contributed by atoms with Crippen molar-refractivity contribution in [2.45, 2.75) is 6.92 Å². The van der Waals surface area contributed by atoms with Crippen molar-refractivity contribution in [3.8, 4) is 11.1 Å². The van der Waals surface area contributed by atoms with Crippen molar-refractivity contribution in [2.24, 2.45) is 0 Å². The van der Waals surface area contributed by atoms with Crippen molar-refractivity contribution in [3.63, 3.8) is 0 Å². The summed E-state index contributed by atoms with van der Waals surface area (Å²) in [6.07, 6.45) is 0. The fourth-order valence-corrected chi connectivity index (χ4v) is 4.39. The Hall–Kier alpha value is -3.51. The molecule has 4 nitrogen and oxygen atoms in total. The lowest BCUT2D eigenvalue weighted by molar-refractivity contribution is -0.114. The molecule has 0 saturated heterocycles. The van der Waals surface area contributed by atoms with Gasteiger partial charge in [0, 0.05) is 35.4 Å². The van der Waals surface area contributed by atoms with Gasteiger partial charge >= 0.3 is 0 Å². The fraction of sp³-hybridized carbons (Fsp3) is 0.0833. The smallest absolute Gasteiger partial charge is 0.268 e. The number of anilines is 2. The minimum atomic E-state index is -0.282. The van der Waals surface area contributed by atoms with Gasteiger partial charge in [-0.05, 0) is 53.6 Å². The van der Waals surface area contributed by atoms with Gasteiger partial charge in [0.25, 0.3) is 5.91 Å². The first kappa shape index (κ1) is 19.8. The van der Waals surface area contributed by atoms with Crippen molar-refractivity contribution in [1.82, 2.24) is 0 Å². The van der Waals surface area contributed by atoms with Gasteiger partial charge in [-0.1, -0.05) is 30.3 Å². The topological polar surface area (TPSA) is 49.4 Å². The van der Waals surface area contributed by atoms with E-state index in [1.54, 1.807) is 42.3 Å². The summed E-state index contributed by atoms with van der Waals surface area (Å²) in [5.41, 5.74) is 3.17. The summed E-state index contributed by atoms with van der Waals surface area (Å²) in [7, 11) is 1.71. The van der Waals surface area contributed by atoms with Crippen LogP contribution in [0.3, 0.4) is 0 Å². The summed E-state index contributed by atoms with van der Waals surface area (Å²) in [6.45, 7) is 1.44. The second kappa shape index (κ2) is 8.08. The SMILES string of the molecule is CC(=O)Nc1cccc(N(C)C(=O)c2cc3c(-c4ccc(F)cc4)cccc3s2)c1. The van der Waals surface area contributed by atoms with Crippen LogP contribution in [0.1, 0.15) is 16.6 Å². The first-order chi connectivity index (χ1) is 14.4. The molecule has 1 N–H and O–H groups in total. The number of nitrogens with zero attached hydrogens (tertiary/aromatic N) is 1. The zero-order chi connectivity index (χ0) is 21.3. The van der Waals surface area contributed by atoms with Crippen molar-refractivity contribution in [3.05, 3.63) is 83.5 Å². The van der Waals surface area contributed by atoms with E-state index in [0.717, 1.165) is 21.2 Å². The van der Waals surface area contributed by atoms with Gasteiger partial charge in [0.15, 0.2) is 0 Å². The molecule has 0 fully saturated rings. The zero-order valence-corrected chi connectivity index (χ0v) is 17.3. The van der Waals surface area contributed by atoms with Crippen molar-refractivity contribution >= 4 is 44.6 Å². The molecule has 6 heteroatoms. The number of hydrogen-bond acceptors (Lipinski definition) is 3. The molecule has 4 rings (SSSR count). The summed E-state index contributed by atoms with van der Waals surface area (Å²) < 4.78 is 14.3. The number of carbonyl (C=O) groups is 2. The molecule has 30 heavy (non-hydrogen) atoms. The maximum absolute atomic E-state index is 13.3. The second-order valence-corrected chi connectivity index (χ2v) is 8.01. The minimum Gasteiger partial charge on any atom is -0.326 e. The highest BCUT2D eigenvalue weighted by molar-refractivity contribution is 7.21. The number of amides is 2. The third-order valence-corrected chi connectivity index (χ3v) is 5.87. The molecule has 3 aromatic carbocycles. The van der Waals surface area contributed by atoms with E-state index in [9.17, 15) is 14.0 Å². The van der Waals surface area contributed by atoms with E-state index in [4.69, 9.17) is 0 Å². The summed E-state index contributed by atoms with van der Waals surface area (Å²) in [4.78, 5) is 26.6. The third-order valence-electron chi connectivity index (χ3n) is 4.79. The Kier molecular flexibility index (Phi) is 5.33. The van der Waals surface area contributed by atoms with Crippen molar-refractivity contribution in [1.29, 1.82) is 0 Å². The molecule has 0 radical (unpaired) electrons. The average molecular weight is 418 g/mol. The molecule has 0 aliphatic rings. The quantitative estimate of drug-likeness (QED) is 0.446. The molecule has 1 aromatic heterocycles. The predicted molar refractivity (Wildman–Crippen MR) is 121 cm³/mol. The number of halogens is 1. The van der Waals surface area contributed by atoms with Gasteiger partial charge in [0.1, 0.15) is 5.82 Å². The van der Waals surface area contributed by atoms with E-state index in [0.29, 0.717) is 16.3 Å². The van der Waals surface area contributed by atoms with E-state index in [1.165, 1.54) is 30.4 Å². The summed E-state index contributed by atoms with van der Waals surface area (Å²) in [5, 5.41) is 3.69. The van der Waals surface area contributed by atoms with E-state index in [-0.39, 0.29) is 17.6 Å². The van der Waals surface area contributed by atoms with Crippen LogP contribution >= 0.6 is 11.3 Å². The van der Waals surface area contributed by atoms with Crippen LogP contribution in [-0.4, -0.2) is 18.9 Å². The first-order valence-electron chi connectivity index (χ1n) is 9.36. The molecule has 0 atom stereocenters. The maximum Gasteiger partial charge on any atom is 0.268 e. The fourth-order valence-electron chi connectivity index (χ4n) is 3.33. The minimum absolute atomic E-state index is 0.138. The van der Waals surface area contributed by atoms with Gasteiger partial charge in [-0.25, -0.2) is 4.39 Å². The van der Waals surface area contributed by atoms with Crippen molar-refractivity contribution < 1.29 is 14.0 Å². The molecular weight excluding hydrogens is 399 g/mol. The van der Waals surface area contributed by atoms with E-state index < -0.39 is 0 Å². The average Bonchev–Trinajstić information content (AvgIpc) is 3.17. The van der Waals surface area contributed by atoms with Gasteiger partial charge < -0.3 is 10.2 Å². The Bertz CT molecular complexity index is 1250. The van der Waals surface area contributed by atoms with Crippen LogP contribution in [0.4, 0.5) is 15.8 Å². The number of nitrogens with one attached hydrogen (secondary N) is 1. The highest BCUT2D eigenvalue weighted by Crippen LogP contribution is 2.35. The van der Waals surface area contributed by atoms with Gasteiger partial charge in [0.05, 0.1) is 4.88 Å². The van der Waals surface area contributed by atoms with E-state index in [2.05, 4.69) is 5.32 Å². The normalized spacial score (nSPS) is 10.8. The molecule has 0 unspecified atom stereocenters. The van der Waals surface area contributed by atoms with Crippen molar-refractivity contribution in [2.75, 3.05) is 17.3 Å². The molecule has 0 saturated carbocycles. The number of fused-ring (bicyclic) bond motifs is 1. The number of hydrogen-bond donors (Lipinski definition) is 1. The molecule has 0 bridgehead atoms. The van der Waals surface area contributed by atoms with Crippen LogP contribution < -0.4 is 10.2 Å². The molecule has 1 heterocycles. The molecule has 150 valence electrons. The number of thiophene rings is 1. The van der Waals surface area contributed by atoms with Gasteiger partial charge in [-0.15, -0.1) is 11.3 Å².